The van der Waals surface area contributed by atoms with Crippen LogP contribution in [0.4, 0.5) is 0 Å². The zero-order valence-corrected chi connectivity index (χ0v) is 19.2. The highest BCUT2D eigenvalue weighted by Gasteiger charge is 2.37. The quantitative estimate of drug-likeness (QED) is 0.562. The Labute approximate surface area is 196 Å². The first-order valence-corrected chi connectivity index (χ1v) is 12.0. The standard InChI is InChI=1S/C26H35N5O2/c27-16-25(32)29-22-15-24(28-17-22)26(33)31-14-13-30(18-21-9-5-2-6-10-21)19-23(31)12-11-20-7-3-1-4-8-20/h1-10,22-24,28H,11-19,27H2,(H,29,32)/t22?,23-,24+/m1/s1. The number of nitrogens with one attached hydrogen (secondary N) is 2. The number of nitrogens with zero attached hydrogens (tertiary/aromatic N) is 2. The number of carbonyl (C=O) groups excluding carboxylic acids is 2. The van der Waals surface area contributed by atoms with Crippen LogP contribution in [0.15, 0.2) is 60.7 Å². The molecule has 2 heterocycles. The summed E-state index contributed by atoms with van der Waals surface area (Å²) in [5.74, 6) is -0.0258. The van der Waals surface area contributed by atoms with Crippen LogP contribution in [0.1, 0.15) is 24.0 Å². The van der Waals surface area contributed by atoms with Crippen molar-refractivity contribution in [2.24, 2.45) is 5.73 Å². The Morgan fingerprint density at radius 1 is 1.00 bits per heavy atom. The Balaban J connectivity index is 1.41. The summed E-state index contributed by atoms with van der Waals surface area (Å²) in [5.41, 5.74) is 8.02. The fourth-order valence-electron chi connectivity index (χ4n) is 4.94. The van der Waals surface area contributed by atoms with Crippen LogP contribution >= 0.6 is 0 Å². The molecule has 7 nitrogen and oxygen atoms in total. The molecular formula is C26H35N5O2. The molecule has 4 rings (SSSR count). The Morgan fingerprint density at radius 3 is 2.39 bits per heavy atom. The van der Waals surface area contributed by atoms with Gasteiger partial charge < -0.3 is 21.3 Å². The van der Waals surface area contributed by atoms with Gasteiger partial charge in [-0.15, -0.1) is 0 Å². The summed E-state index contributed by atoms with van der Waals surface area (Å²) in [6, 6.07) is 20.9. The van der Waals surface area contributed by atoms with Crippen molar-refractivity contribution in [3.63, 3.8) is 0 Å². The first kappa shape index (κ1) is 23.4. The highest BCUT2D eigenvalue weighted by Crippen LogP contribution is 2.21. The minimum Gasteiger partial charge on any atom is -0.351 e. The van der Waals surface area contributed by atoms with Gasteiger partial charge in [-0.05, 0) is 30.4 Å². The van der Waals surface area contributed by atoms with Crippen molar-refractivity contribution in [1.82, 2.24) is 20.4 Å². The zero-order valence-electron chi connectivity index (χ0n) is 19.2. The molecule has 0 radical (unpaired) electrons. The summed E-state index contributed by atoms with van der Waals surface area (Å²) >= 11 is 0. The van der Waals surface area contributed by atoms with Crippen LogP contribution in [0.25, 0.3) is 0 Å². The Bertz CT molecular complexity index is 907. The Morgan fingerprint density at radius 2 is 1.70 bits per heavy atom. The number of hydrogen-bond acceptors (Lipinski definition) is 5. The average molecular weight is 450 g/mol. The number of rotatable bonds is 8. The summed E-state index contributed by atoms with van der Waals surface area (Å²) in [6.07, 6.45) is 2.49. The summed E-state index contributed by atoms with van der Waals surface area (Å²) in [5, 5.41) is 6.22. The van der Waals surface area contributed by atoms with E-state index >= 15 is 0 Å². The largest absolute Gasteiger partial charge is 0.351 e. The highest BCUT2D eigenvalue weighted by atomic mass is 16.2. The molecule has 0 spiro atoms. The number of aryl methyl sites for hydroxylation is 1. The lowest BCUT2D eigenvalue weighted by atomic mass is 10.00. The Kier molecular flexibility index (Phi) is 8.10. The number of amides is 2. The van der Waals surface area contributed by atoms with Crippen LogP contribution in [0.5, 0.6) is 0 Å². The normalized spacial score (nSPS) is 23.4. The molecular weight excluding hydrogens is 414 g/mol. The molecule has 176 valence electrons. The number of carbonyl (C=O) groups is 2. The average Bonchev–Trinajstić information content (AvgIpc) is 3.32. The lowest BCUT2D eigenvalue weighted by molar-refractivity contribution is -0.138. The van der Waals surface area contributed by atoms with Gasteiger partial charge in [0.2, 0.25) is 11.8 Å². The molecule has 2 aliphatic heterocycles. The van der Waals surface area contributed by atoms with Gasteiger partial charge in [0, 0.05) is 44.8 Å². The maximum absolute atomic E-state index is 13.5. The fraction of sp³-hybridized carbons (Fsp3) is 0.462. The fourth-order valence-corrected chi connectivity index (χ4v) is 4.94. The second-order valence-corrected chi connectivity index (χ2v) is 9.10. The second-order valence-electron chi connectivity index (χ2n) is 9.10. The van der Waals surface area contributed by atoms with E-state index in [0.717, 1.165) is 39.0 Å². The van der Waals surface area contributed by atoms with E-state index in [-0.39, 0.29) is 36.5 Å². The smallest absolute Gasteiger partial charge is 0.240 e. The van der Waals surface area contributed by atoms with Crippen molar-refractivity contribution in [3.8, 4) is 0 Å². The molecule has 2 saturated heterocycles. The number of nitrogens with two attached hydrogens (primary N) is 1. The maximum atomic E-state index is 13.5. The molecule has 0 bridgehead atoms. The minimum absolute atomic E-state index is 0.0277. The van der Waals surface area contributed by atoms with Crippen molar-refractivity contribution in [1.29, 1.82) is 0 Å². The molecule has 2 amide bonds. The van der Waals surface area contributed by atoms with Crippen LogP contribution in [0.3, 0.4) is 0 Å². The van der Waals surface area contributed by atoms with Gasteiger partial charge in [-0.25, -0.2) is 0 Å². The van der Waals surface area contributed by atoms with E-state index in [0.29, 0.717) is 13.0 Å². The number of hydrogen-bond donors (Lipinski definition) is 3. The lowest BCUT2D eigenvalue weighted by Crippen LogP contribution is -2.58. The number of benzene rings is 2. The van der Waals surface area contributed by atoms with Crippen molar-refractivity contribution >= 4 is 11.8 Å². The molecule has 1 unspecified atom stereocenters. The molecule has 4 N–H and O–H groups in total. The van der Waals surface area contributed by atoms with E-state index < -0.39 is 0 Å². The van der Waals surface area contributed by atoms with E-state index in [1.165, 1.54) is 11.1 Å². The summed E-state index contributed by atoms with van der Waals surface area (Å²) < 4.78 is 0. The predicted molar refractivity (Wildman–Crippen MR) is 129 cm³/mol. The molecule has 0 saturated carbocycles. The van der Waals surface area contributed by atoms with Gasteiger partial charge in [-0.3, -0.25) is 14.5 Å². The van der Waals surface area contributed by atoms with E-state index in [1.54, 1.807) is 0 Å². The van der Waals surface area contributed by atoms with Crippen LogP contribution in [0.2, 0.25) is 0 Å². The molecule has 7 heteroatoms. The van der Waals surface area contributed by atoms with Gasteiger partial charge in [-0.1, -0.05) is 60.7 Å². The van der Waals surface area contributed by atoms with Gasteiger partial charge in [-0.2, -0.15) is 0 Å². The first-order valence-electron chi connectivity index (χ1n) is 12.0. The SMILES string of the molecule is NCC(=O)NC1CN[C@H](C(=O)N2CCN(Cc3ccccc3)C[C@H]2CCc2ccccc2)C1. The minimum atomic E-state index is -0.257. The van der Waals surface area contributed by atoms with Crippen LogP contribution in [-0.2, 0) is 22.6 Å². The Hall–Kier alpha value is -2.74. The molecule has 2 aliphatic rings. The monoisotopic (exact) mass is 449 g/mol. The van der Waals surface area contributed by atoms with E-state index in [9.17, 15) is 9.59 Å². The molecule has 3 atom stereocenters. The summed E-state index contributed by atoms with van der Waals surface area (Å²) in [4.78, 5) is 29.7. The molecule has 0 aliphatic carbocycles. The van der Waals surface area contributed by atoms with Crippen molar-refractivity contribution in [2.75, 3.05) is 32.7 Å². The van der Waals surface area contributed by atoms with Gasteiger partial charge in [0.1, 0.15) is 0 Å². The third kappa shape index (κ3) is 6.41. The predicted octanol–water partition coefficient (Wildman–Crippen LogP) is 1.14. The molecule has 33 heavy (non-hydrogen) atoms. The van der Waals surface area contributed by atoms with Crippen LogP contribution in [0, 0.1) is 0 Å². The lowest BCUT2D eigenvalue weighted by Gasteiger charge is -2.42. The van der Waals surface area contributed by atoms with E-state index in [2.05, 4.69) is 69.0 Å². The highest BCUT2D eigenvalue weighted by molar-refractivity contribution is 5.83. The van der Waals surface area contributed by atoms with Gasteiger partial charge in [0.15, 0.2) is 0 Å². The van der Waals surface area contributed by atoms with Crippen molar-refractivity contribution in [2.45, 2.75) is 43.9 Å². The third-order valence-electron chi connectivity index (χ3n) is 6.69. The topological polar surface area (TPSA) is 90.7 Å². The van der Waals surface area contributed by atoms with Crippen LogP contribution < -0.4 is 16.4 Å². The van der Waals surface area contributed by atoms with Crippen molar-refractivity contribution in [3.05, 3.63) is 71.8 Å². The summed E-state index contributed by atoms with van der Waals surface area (Å²) in [6.45, 7) is 3.93. The third-order valence-corrected chi connectivity index (χ3v) is 6.69. The van der Waals surface area contributed by atoms with Crippen molar-refractivity contribution < 1.29 is 9.59 Å². The van der Waals surface area contributed by atoms with Crippen LogP contribution in [-0.4, -0.2) is 72.5 Å². The van der Waals surface area contributed by atoms with Gasteiger partial charge >= 0.3 is 0 Å². The molecule has 2 aromatic rings. The first-order chi connectivity index (χ1) is 16.1. The molecule has 0 aromatic heterocycles. The van der Waals surface area contributed by atoms with Gasteiger partial charge in [0.25, 0.3) is 0 Å². The summed E-state index contributed by atoms with van der Waals surface area (Å²) in [7, 11) is 0. The maximum Gasteiger partial charge on any atom is 0.240 e. The number of piperazine rings is 1. The van der Waals surface area contributed by atoms with E-state index in [4.69, 9.17) is 5.73 Å². The second kappa shape index (κ2) is 11.4. The van der Waals surface area contributed by atoms with Gasteiger partial charge in [0.05, 0.1) is 12.6 Å². The zero-order chi connectivity index (χ0) is 23.0. The molecule has 2 fully saturated rings. The van der Waals surface area contributed by atoms with E-state index in [1.807, 2.05) is 12.1 Å². The molecule has 2 aromatic carbocycles.